The van der Waals surface area contributed by atoms with Crippen LogP contribution in [-0.2, 0) is 22.6 Å². The molecule has 112 valence electrons. The average Bonchev–Trinajstić information content (AvgIpc) is 2.68. The number of primary amides is 2. The summed E-state index contributed by atoms with van der Waals surface area (Å²) in [6, 6.07) is 0. The zero-order valence-corrected chi connectivity index (χ0v) is 12.8. The third kappa shape index (κ3) is 4.84. The minimum absolute atomic E-state index is 0.228. The normalized spacial score (nSPS) is 12.6. The molecule has 0 saturated carbocycles. The van der Waals surface area contributed by atoms with Gasteiger partial charge in [-0.2, -0.15) is 0 Å². The minimum Gasteiger partial charge on any atom is -0.370 e. The van der Waals surface area contributed by atoms with Gasteiger partial charge in [0.1, 0.15) is 5.82 Å². The molecule has 1 aromatic heterocycles. The smallest absolute Gasteiger partial charge is 0.230 e. The second kappa shape index (κ2) is 7.28. The lowest BCUT2D eigenvalue weighted by molar-refractivity contribution is -0.118. The van der Waals surface area contributed by atoms with Gasteiger partial charge in [0.15, 0.2) is 5.16 Å². The predicted octanol–water partition coefficient (Wildman–Crippen LogP) is 0.318. The maximum absolute atomic E-state index is 11.1. The van der Waals surface area contributed by atoms with Gasteiger partial charge in [-0.3, -0.25) is 9.59 Å². The van der Waals surface area contributed by atoms with Crippen LogP contribution >= 0.6 is 11.8 Å². The molecule has 7 nitrogen and oxygen atoms in total. The van der Waals surface area contributed by atoms with Crippen LogP contribution in [0.5, 0.6) is 0 Å². The molecule has 0 fully saturated rings. The van der Waals surface area contributed by atoms with Crippen LogP contribution in [0.2, 0.25) is 0 Å². The number of amides is 2. The summed E-state index contributed by atoms with van der Waals surface area (Å²) in [5.74, 6) is 0.329. The molecule has 0 aromatic carbocycles. The molecule has 0 spiro atoms. The van der Waals surface area contributed by atoms with Gasteiger partial charge in [-0.05, 0) is 12.8 Å². The summed E-state index contributed by atoms with van der Waals surface area (Å²) in [6.07, 6.45) is 0.673. The molecule has 8 heteroatoms. The maximum atomic E-state index is 11.1. The molecule has 1 rings (SSSR count). The van der Waals surface area contributed by atoms with E-state index >= 15 is 0 Å². The first-order valence-electron chi connectivity index (χ1n) is 6.47. The fourth-order valence-electron chi connectivity index (χ4n) is 1.59. The molecule has 0 aliphatic carbocycles. The van der Waals surface area contributed by atoms with Gasteiger partial charge in [-0.1, -0.05) is 25.6 Å². The van der Waals surface area contributed by atoms with E-state index in [4.69, 9.17) is 11.5 Å². The summed E-state index contributed by atoms with van der Waals surface area (Å²) in [7, 11) is 0. The summed E-state index contributed by atoms with van der Waals surface area (Å²) >= 11 is 1.27. The molecule has 0 saturated heterocycles. The van der Waals surface area contributed by atoms with Crippen molar-refractivity contribution in [1.29, 1.82) is 0 Å². The molecule has 2 amide bonds. The summed E-state index contributed by atoms with van der Waals surface area (Å²) in [6.45, 7) is 6.59. The second-order valence-corrected chi connectivity index (χ2v) is 6.34. The maximum Gasteiger partial charge on any atom is 0.230 e. The number of nitrogens with zero attached hydrogens (tertiary/aromatic N) is 3. The number of nitrogens with two attached hydrogens (primary N) is 2. The molecule has 0 unspecified atom stereocenters. The first-order chi connectivity index (χ1) is 9.31. The van der Waals surface area contributed by atoms with E-state index in [9.17, 15) is 9.59 Å². The fourth-order valence-corrected chi connectivity index (χ4v) is 2.42. The van der Waals surface area contributed by atoms with Crippen molar-refractivity contribution in [1.82, 2.24) is 14.8 Å². The van der Waals surface area contributed by atoms with E-state index in [1.165, 1.54) is 11.8 Å². The van der Waals surface area contributed by atoms with Gasteiger partial charge < -0.3 is 16.0 Å². The van der Waals surface area contributed by atoms with Gasteiger partial charge in [-0.15, -0.1) is 10.2 Å². The quantitative estimate of drug-likeness (QED) is 0.670. The summed E-state index contributed by atoms with van der Waals surface area (Å²) in [5.41, 5.74) is 10.4. The van der Waals surface area contributed by atoms with Crippen LogP contribution in [0.15, 0.2) is 5.16 Å². The zero-order valence-electron chi connectivity index (χ0n) is 12.0. The number of carbonyl (C=O) groups excluding carboxylic acids is 2. The first-order valence-corrected chi connectivity index (χ1v) is 7.35. The SMILES string of the molecule is CC(C)Cn1c(CCC(N)=O)nnc1S[C@H](C)C(N)=O. The molecule has 1 heterocycles. The van der Waals surface area contributed by atoms with Crippen molar-refractivity contribution in [2.24, 2.45) is 17.4 Å². The van der Waals surface area contributed by atoms with E-state index in [-0.39, 0.29) is 17.6 Å². The van der Waals surface area contributed by atoms with Crippen molar-refractivity contribution in [2.45, 2.75) is 50.6 Å². The van der Waals surface area contributed by atoms with Crippen LogP contribution in [0.4, 0.5) is 0 Å². The van der Waals surface area contributed by atoms with E-state index in [1.54, 1.807) is 6.92 Å². The Labute approximate surface area is 122 Å². The van der Waals surface area contributed by atoms with E-state index in [2.05, 4.69) is 24.0 Å². The number of rotatable bonds is 8. The standard InChI is InChI=1S/C12H21N5O2S/c1-7(2)6-17-10(5-4-9(13)18)15-16-12(17)20-8(3)11(14)19/h7-8H,4-6H2,1-3H3,(H2,13,18)(H2,14,19)/t8-/m1/s1. The highest BCUT2D eigenvalue weighted by Crippen LogP contribution is 2.23. The third-order valence-electron chi connectivity index (χ3n) is 2.62. The minimum atomic E-state index is -0.396. The number of carbonyl (C=O) groups is 2. The Kier molecular flexibility index (Phi) is 6.00. The molecule has 0 aliphatic heterocycles. The van der Waals surface area contributed by atoms with Crippen molar-refractivity contribution in [3.8, 4) is 0 Å². The van der Waals surface area contributed by atoms with E-state index in [0.29, 0.717) is 23.3 Å². The average molecular weight is 299 g/mol. The van der Waals surface area contributed by atoms with Gasteiger partial charge in [0.25, 0.3) is 0 Å². The monoisotopic (exact) mass is 299 g/mol. The summed E-state index contributed by atoms with van der Waals surface area (Å²) in [4.78, 5) is 22.0. The Bertz CT molecular complexity index is 486. The van der Waals surface area contributed by atoms with Crippen LogP contribution in [0.25, 0.3) is 0 Å². The Hall–Kier alpha value is -1.57. The van der Waals surface area contributed by atoms with Gasteiger partial charge in [0, 0.05) is 19.4 Å². The molecular formula is C12H21N5O2S. The van der Waals surface area contributed by atoms with Crippen LogP contribution < -0.4 is 11.5 Å². The molecule has 20 heavy (non-hydrogen) atoms. The lowest BCUT2D eigenvalue weighted by atomic mass is 10.2. The summed E-state index contributed by atoms with van der Waals surface area (Å²) in [5, 5.41) is 8.43. The Morgan fingerprint density at radius 1 is 1.25 bits per heavy atom. The highest BCUT2D eigenvalue weighted by molar-refractivity contribution is 8.00. The predicted molar refractivity (Wildman–Crippen MR) is 76.9 cm³/mol. The number of aromatic nitrogens is 3. The van der Waals surface area contributed by atoms with E-state index in [1.807, 2.05) is 4.57 Å². The molecule has 1 aromatic rings. The van der Waals surface area contributed by atoms with Gasteiger partial charge >= 0.3 is 0 Å². The molecular weight excluding hydrogens is 278 g/mol. The van der Waals surface area contributed by atoms with Gasteiger partial charge in [0.2, 0.25) is 11.8 Å². The van der Waals surface area contributed by atoms with Crippen molar-refractivity contribution in [3.05, 3.63) is 5.82 Å². The molecule has 0 bridgehead atoms. The molecule has 1 atom stereocenters. The van der Waals surface area contributed by atoms with Crippen molar-refractivity contribution >= 4 is 23.6 Å². The fraction of sp³-hybridized carbons (Fsp3) is 0.667. The van der Waals surface area contributed by atoms with Crippen LogP contribution in [-0.4, -0.2) is 31.8 Å². The Morgan fingerprint density at radius 2 is 1.90 bits per heavy atom. The first kappa shape index (κ1) is 16.5. The highest BCUT2D eigenvalue weighted by atomic mass is 32.2. The van der Waals surface area contributed by atoms with Crippen molar-refractivity contribution in [3.63, 3.8) is 0 Å². The van der Waals surface area contributed by atoms with Crippen LogP contribution in [0.1, 0.15) is 33.0 Å². The Balaban J connectivity index is 2.92. The van der Waals surface area contributed by atoms with E-state index in [0.717, 1.165) is 6.54 Å². The lowest BCUT2D eigenvalue weighted by Gasteiger charge is -2.13. The number of aryl methyl sites for hydroxylation is 1. The van der Waals surface area contributed by atoms with Crippen LogP contribution in [0, 0.1) is 5.92 Å². The lowest BCUT2D eigenvalue weighted by Crippen LogP contribution is -2.23. The summed E-state index contributed by atoms with van der Waals surface area (Å²) < 4.78 is 1.93. The molecule has 4 N–H and O–H groups in total. The second-order valence-electron chi connectivity index (χ2n) is 5.03. The highest BCUT2D eigenvalue weighted by Gasteiger charge is 2.19. The van der Waals surface area contributed by atoms with Crippen molar-refractivity contribution < 1.29 is 9.59 Å². The third-order valence-corrected chi connectivity index (χ3v) is 3.72. The van der Waals surface area contributed by atoms with E-state index < -0.39 is 5.91 Å². The van der Waals surface area contributed by atoms with Crippen LogP contribution in [0.3, 0.4) is 0 Å². The Morgan fingerprint density at radius 3 is 2.40 bits per heavy atom. The topological polar surface area (TPSA) is 117 Å². The van der Waals surface area contributed by atoms with Gasteiger partial charge in [0.05, 0.1) is 5.25 Å². The molecule has 0 radical (unpaired) electrons. The number of hydrogen-bond acceptors (Lipinski definition) is 5. The van der Waals surface area contributed by atoms with Crippen molar-refractivity contribution in [2.75, 3.05) is 0 Å². The van der Waals surface area contributed by atoms with Gasteiger partial charge in [-0.25, -0.2) is 0 Å². The zero-order chi connectivity index (χ0) is 15.3. The number of hydrogen-bond donors (Lipinski definition) is 2. The largest absolute Gasteiger partial charge is 0.370 e. The number of thioether (sulfide) groups is 1. The molecule has 0 aliphatic rings.